The minimum Gasteiger partial charge on any atom is -0.491 e. The minimum absolute atomic E-state index is 0. The second kappa shape index (κ2) is 27.4. The van der Waals surface area contributed by atoms with E-state index in [1.807, 2.05) is 31.2 Å². The molecule has 1 aromatic carbocycles. The van der Waals surface area contributed by atoms with E-state index in [1.54, 1.807) is 4.90 Å². The third-order valence-electron chi connectivity index (χ3n) is 9.06. The summed E-state index contributed by atoms with van der Waals surface area (Å²) < 4.78 is 16.4. The Morgan fingerprint density at radius 2 is 0.943 bits per heavy atom. The van der Waals surface area contributed by atoms with Crippen LogP contribution in [0, 0.1) is 39.9 Å². The molecule has 0 aliphatic carbocycles. The van der Waals surface area contributed by atoms with Crippen LogP contribution < -0.4 is 4.74 Å². The van der Waals surface area contributed by atoms with E-state index in [2.05, 4.69) is 0 Å². The number of carboxylic acid groups (broad SMARTS) is 4. The summed E-state index contributed by atoms with van der Waals surface area (Å²) in [6.45, 7) is 1.81. The van der Waals surface area contributed by atoms with Gasteiger partial charge in [-0.15, -0.1) is 0 Å². The van der Waals surface area contributed by atoms with Crippen LogP contribution in [0.1, 0.15) is 25.3 Å². The molecule has 18 nitrogen and oxygen atoms in total. The van der Waals surface area contributed by atoms with Crippen molar-refractivity contribution in [1.82, 2.24) is 19.6 Å². The van der Waals surface area contributed by atoms with Gasteiger partial charge in [0.25, 0.3) is 0 Å². The SMILES string of the molecule is CCOCCOCCOc1ccc(CCC[C@H](C(=O)O)N2CCN([C@H](CO)C(=O)O)CCN([C@H](CO)C(=O)O)CCN([C@@H](CO)C(=O)O)CC2)cc1.[Gd]. The van der Waals surface area contributed by atoms with Crippen LogP contribution in [-0.2, 0) is 35.1 Å². The van der Waals surface area contributed by atoms with Gasteiger partial charge >= 0.3 is 23.9 Å². The van der Waals surface area contributed by atoms with Crippen molar-refractivity contribution in [2.75, 3.05) is 105 Å². The molecule has 1 saturated heterocycles. The molecule has 0 spiro atoms. The molecular weight excluding hydrogens is 846 g/mol. The molecule has 1 heterocycles. The van der Waals surface area contributed by atoms with Crippen LogP contribution in [-0.4, -0.2) is 209 Å². The second-order valence-electron chi connectivity index (χ2n) is 12.3. The molecule has 304 valence electrons. The zero-order chi connectivity index (χ0) is 38.5. The molecule has 0 saturated carbocycles. The van der Waals surface area contributed by atoms with Crippen LogP contribution in [0.5, 0.6) is 5.75 Å². The van der Waals surface area contributed by atoms with Gasteiger partial charge in [0.2, 0.25) is 0 Å². The van der Waals surface area contributed by atoms with E-state index in [0.29, 0.717) is 51.6 Å². The molecule has 1 aromatic rings. The van der Waals surface area contributed by atoms with Gasteiger partial charge in [-0.25, -0.2) is 0 Å². The molecule has 1 aliphatic heterocycles. The van der Waals surface area contributed by atoms with Gasteiger partial charge in [-0.1, -0.05) is 12.1 Å². The van der Waals surface area contributed by atoms with Crippen LogP contribution >= 0.6 is 0 Å². The third kappa shape index (κ3) is 17.5. The van der Waals surface area contributed by atoms with Crippen molar-refractivity contribution >= 4 is 23.9 Å². The van der Waals surface area contributed by atoms with Crippen LogP contribution in [0.4, 0.5) is 0 Å². The van der Waals surface area contributed by atoms with E-state index in [1.165, 1.54) is 14.7 Å². The Kier molecular flexibility index (Phi) is 25.3. The maximum absolute atomic E-state index is 12.7. The normalized spacial score (nSPS) is 18.0. The molecule has 4 atom stereocenters. The Bertz CT molecular complexity index is 1180. The first-order chi connectivity index (χ1) is 25.0. The van der Waals surface area contributed by atoms with Crippen molar-refractivity contribution in [3.05, 3.63) is 29.8 Å². The van der Waals surface area contributed by atoms with Crippen molar-refractivity contribution in [3.8, 4) is 5.75 Å². The molecule has 1 fully saturated rings. The Morgan fingerprint density at radius 3 is 1.30 bits per heavy atom. The molecule has 0 bridgehead atoms. The average molecular weight is 902 g/mol. The maximum Gasteiger partial charge on any atom is 0.323 e. The van der Waals surface area contributed by atoms with Crippen molar-refractivity contribution in [1.29, 1.82) is 0 Å². The topological polar surface area (TPSA) is 251 Å². The summed E-state index contributed by atoms with van der Waals surface area (Å²) in [5.41, 5.74) is 0.960. The fourth-order valence-corrected chi connectivity index (χ4v) is 6.07. The minimum atomic E-state index is -1.38. The fourth-order valence-electron chi connectivity index (χ4n) is 6.07. The first-order valence-corrected chi connectivity index (χ1v) is 17.5. The summed E-state index contributed by atoms with van der Waals surface area (Å²) in [6, 6.07) is 2.29. The molecule has 0 unspecified atom stereocenters. The zero-order valence-electron chi connectivity index (χ0n) is 30.2. The number of carbonyl (C=O) groups is 4. The molecule has 0 amide bonds. The van der Waals surface area contributed by atoms with Crippen LogP contribution in [0.25, 0.3) is 0 Å². The average Bonchev–Trinajstić information content (AvgIpc) is 3.10. The molecule has 0 radical (unpaired) electrons. The zero-order valence-corrected chi connectivity index (χ0v) is 32.5. The number of aliphatic hydroxyl groups excluding tert-OH is 3. The number of benzene rings is 1. The van der Waals surface area contributed by atoms with Gasteiger partial charge in [-0.05, 0) is 43.9 Å². The standard InChI is InChI=1S/C34H56N4O14.Gd/c1-2-50-18-19-51-20-21-52-26-8-6-25(7-9-26)4-3-5-27(31(42)43)35-10-12-36(28(22-39)32(44)45)14-16-38(30(24-41)34(48)49)17-15-37(13-11-35)29(23-40)33(46)47;/h6-9,27-30,39-41H,2-5,10-24H2,1H3,(H,42,43)(H,44,45)(H,46,47)(H,48,49);/t27-,28-,29+,30-;/m1./s1. The Hall–Kier alpha value is -2.14. The maximum atomic E-state index is 12.7. The van der Waals surface area contributed by atoms with E-state index in [-0.39, 0.29) is 98.7 Å². The van der Waals surface area contributed by atoms with Gasteiger partial charge in [0.15, 0.2) is 0 Å². The Labute approximate surface area is 341 Å². The van der Waals surface area contributed by atoms with Gasteiger partial charge < -0.3 is 50.0 Å². The smallest absolute Gasteiger partial charge is 0.323 e. The first kappa shape index (κ1) is 48.9. The van der Waals surface area contributed by atoms with Crippen LogP contribution in [0.3, 0.4) is 0 Å². The third-order valence-corrected chi connectivity index (χ3v) is 9.06. The van der Waals surface area contributed by atoms with Crippen molar-refractivity contribution in [3.63, 3.8) is 0 Å². The number of hydrogen-bond acceptors (Lipinski definition) is 14. The summed E-state index contributed by atoms with van der Waals surface area (Å²) in [4.78, 5) is 54.6. The van der Waals surface area contributed by atoms with E-state index in [0.717, 1.165) is 5.56 Å². The molecule has 53 heavy (non-hydrogen) atoms. The van der Waals surface area contributed by atoms with Gasteiger partial charge in [-0.3, -0.25) is 38.8 Å². The van der Waals surface area contributed by atoms with Crippen molar-refractivity contribution in [2.24, 2.45) is 0 Å². The number of aliphatic hydroxyl groups is 3. The number of nitrogens with zero attached hydrogens (tertiary/aromatic N) is 4. The monoisotopic (exact) mass is 902 g/mol. The first-order valence-electron chi connectivity index (χ1n) is 17.5. The van der Waals surface area contributed by atoms with E-state index in [4.69, 9.17) is 14.2 Å². The van der Waals surface area contributed by atoms with Crippen LogP contribution in [0.15, 0.2) is 24.3 Å². The molecular formula is C34H56GdN4O14. The van der Waals surface area contributed by atoms with Gasteiger partial charge in [0, 0.05) is 98.9 Å². The Balaban J connectivity index is 0.0000140. The van der Waals surface area contributed by atoms with Crippen LogP contribution in [0.2, 0.25) is 0 Å². The summed E-state index contributed by atoms with van der Waals surface area (Å²) in [6.07, 6.45) is 1.24. The van der Waals surface area contributed by atoms with E-state index < -0.39 is 67.9 Å². The van der Waals surface area contributed by atoms with Gasteiger partial charge in [0.05, 0.1) is 39.6 Å². The summed E-state index contributed by atoms with van der Waals surface area (Å²) in [7, 11) is 0. The fraction of sp³-hybridized carbons (Fsp3) is 0.706. The summed E-state index contributed by atoms with van der Waals surface area (Å²) in [5.74, 6) is -4.43. The molecule has 2 rings (SSSR count). The number of rotatable bonds is 23. The number of ether oxygens (including phenoxy) is 3. The molecule has 19 heteroatoms. The number of aliphatic carboxylic acids is 4. The largest absolute Gasteiger partial charge is 0.491 e. The van der Waals surface area contributed by atoms with E-state index >= 15 is 0 Å². The summed E-state index contributed by atoms with van der Waals surface area (Å²) >= 11 is 0. The second-order valence-corrected chi connectivity index (χ2v) is 12.3. The van der Waals surface area contributed by atoms with Crippen molar-refractivity contribution in [2.45, 2.75) is 50.4 Å². The number of carboxylic acids is 4. The quantitative estimate of drug-likeness (QED) is 0.0615. The van der Waals surface area contributed by atoms with E-state index in [9.17, 15) is 54.9 Å². The van der Waals surface area contributed by atoms with Gasteiger partial charge in [0.1, 0.15) is 36.5 Å². The Morgan fingerprint density at radius 1 is 0.585 bits per heavy atom. The summed E-state index contributed by atoms with van der Waals surface area (Å²) in [5, 5.41) is 69.5. The molecule has 0 aromatic heterocycles. The number of aryl methyl sites for hydroxylation is 1. The number of hydrogen-bond donors (Lipinski definition) is 7. The molecule has 1 aliphatic rings. The molecule has 7 N–H and O–H groups in total. The van der Waals surface area contributed by atoms with Gasteiger partial charge in [-0.2, -0.15) is 0 Å². The predicted molar refractivity (Wildman–Crippen MR) is 185 cm³/mol. The predicted octanol–water partition coefficient (Wildman–Crippen LogP) is -1.55. The van der Waals surface area contributed by atoms with Crippen molar-refractivity contribution < 1.29 is 109 Å².